The summed E-state index contributed by atoms with van der Waals surface area (Å²) in [5.74, 6) is 0.982. The van der Waals surface area contributed by atoms with Crippen molar-refractivity contribution >= 4 is 6.03 Å². The number of methoxy groups -OCH3 is 1. The molecule has 2 amide bonds. The van der Waals surface area contributed by atoms with Crippen molar-refractivity contribution in [2.75, 3.05) is 26.7 Å². The Labute approximate surface area is 163 Å². The smallest absolute Gasteiger partial charge is 0.320 e. The van der Waals surface area contributed by atoms with E-state index < -0.39 is 0 Å². The fourth-order valence-corrected chi connectivity index (χ4v) is 5.78. The Bertz CT molecular complexity index is 751. The monoisotopic (exact) mass is 370 g/mol. The summed E-state index contributed by atoms with van der Waals surface area (Å²) >= 11 is 0. The molecule has 0 N–H and O–H groups in total. The number of ether oxygens (including phenoxy) is 1. The normalized spacial score (nSPS) is 29.3. The van der Waals surface area contributed by atoms with Gasteiger partial charge < -0.3 is 14.5 Å². The highest BCUT2D eigenvalue weighted by Gasteiger charge is 2.57. The molecular formula is C23H34N2O2. The lowest BCUT2D eigenvalue weighted by Gasteiger charge is -2.61. The summed E-state index contributed by atoms with van der Waals surface area (Å²) in [5, 5.41) is 0. The summed E-state index contributed by atoms with van der Waals surface area (Å²) in [6, 6.07) is 5.09. The molecule has 27 heavy (non-hydrogen) atoms. The maximum atomic E-state index is 13.4. The standard InChI is InChI=1S/C23H34N2O2/c1-16-13-17-14-20-22(2,3)23(4,18(17)15-19(16)27-5)9-12-25(20)21(26)24-10-7-6-8-11-24/h13,15,20H,6-12,14H2,1-5H3/t20-,23+/m0/s1. The largest absolute Gasteiger partial charge is 0.496 e. The van der Waals surface area contributed by atoms with Gasteiger partial charge in [0.2, 0.25) is 0 Å². The van der Waals surface area contributed by atoms with Gasteiger partial charge in [-0.25, -0.2) is 4.79 Å². The molecule has 4 nitrogen and oxygen atoms in total. The number of benzene rings is 1. The number of carbonyl (C=O) groups excluding carboxylic acids is 1. The maximum absolute atomic E-state index is 13.4. The third kappa shape index (κ3) is 2.67. The number of piperidine rings is 2. The van der Waals surface area contributed by atoms with Crippen molar-refractivity contribution in [2.24, 2.45) is 5.41 Å². The lowest BCUT2D eigenvalue weighted by Crippen LogP contribution is -2.66. The molecule has 148 valence electrons. The zero-order valence-corrected chi connectivity index (χ0v) is 17.6. The van der Waals surface area contributed by atoms with E-state index in [2.05, 4.69) is 49.6 Å². The van der Waals surface area contributed by atoms with Crippen molar-refractivity contribution < 1.29 is 9.53 Å². The molecule has 1 aromatic carbocycles. The number of amides is 2. The Kier molecular flexibility index (Phi) is 4.44. The number of likely N-dealkylation sites (tertiary alicyclic amines) is 2. The van der Waals surface area contributed by atoms with Crippen LogP contribution in [0.2, 0.25) is 0 Å². The van der Waals surface area contributed by atoms with Crippen LogP contribution in [-0.2, 0) is 11.8 Å². The van der Waals surface area contributed by atoms with E-state index >= 15 is 0 Å². The fraction of sp³-hybridized carbons (Fsp3) is 0.696. The van der Waals surface area contributed by atoms with E-state index in [1.165, 1.54) is 23.1 Å². The molecule has 0 unspecified atom stereocenters. The molecule has 2 fully saturated rings. The minimum absolute atomic E-state index is 0.0317. The van der Waals surface area contributed by atoms with Crippen LogP contribution in [0.25, 0.3) is 0 Å². The average Bonchev–Trinajstić information content (AvgIpc) is 2.65. The van der Waals surface area contributed by atoms with Crippen LogP contribution in [0.4, 0.5) is 4.79 Å². The zero-order valence-electron chi connectivity index (χ0n) is 17.6. The van der Waals surface area contributed by atoms with E-state index in [-0.39, 0.29) is 22.9 Å². The first kappa shape index (κ1) is 18.6. The van der Waals surface area contributed by atoms with Gasteiger partial charge in [-0.05, 0) is 67.2 Å². The van der Waals surface area contributed by atoms with Crippen molar-refractivity contribution in [3.63, 3.8) is 0 Å². The lowest BCUT2D eigenvalue weighted by molar-refractivity contribution is -0.0243. The second kappa shape index (κ2) is 6.42. The number of rotatable bonds is 1. The molecule has 3 aliphatic rings. The van der Waals surface area contributed by atoms with E-state index in [0.717, 1.165) is 51.1 Å². The topological polar surface area (TPSA) is 32.8 Å². The van der Waals surface area contributed by atoms with Crippen molar-refractivity contribution in [1.29, 1.82) is 0 Å². The average molecular weight is 371 g/mol. The summed E-state index contributed by atoms with van der Waals surface area (Å²) in [7, 11) is 1.76. The van der Waals surface area contributed by atoms with E-state index in [0.29, 0.717) is 0 Å². The van der Waals surface area contributed by atoms with Gasteiger partial charge in [0.25, 0.3) is 0 Å². The van der Waals surface area contributed by atoms with Gasteiger partial charge in [-0.1, -0.05) is 26.8 Å². The van der Waals surface area contributed by atoms with Gasteiger partial charge in [-0.15, -0.1) is 0 Å². The van der Waals surface area contributed by atoms with E-state index in [1.807, 2.05) is 0 Å². The molecule has 2 aliphatic heterocycles. The second-order valence-corrected chi connectivity index (χ2v) is 9.53. The number of hydrogen-bond donors (Lipinski definition) is 0. The third-order valence-corrected chi connectivity index (χ3v) is 7.98. The van der Waals surface area contributed by atoms with Gasteiger partial charge in [0.15, 0.2) is 0 Å². The van der Waals surface area contributed by atoms with E-state index in [1.54, 1.807) is 7.11 Å². The molecule has 2 heterocycles. The van der Waals surface area contributed by atoms with E-state index in [9.17, 15) is 4.79 Å². The molecule has 0 radical (unpaired) electrons. The van der Waals surface area contributed by atoms with Crippen LogP contribution in [-0.4, -0.2) is 48.6 Å². The highest BCUT2D eigenvalue weighted by atomic mass is 16.5. The van der Waals surface area contributed by atoms with Gasteiger partial charge in [0.05, 0.1) is 7.11 Å². The Hall–Kier alpha value is -1.71. The predicted octanol–water partition coefficient (Wildman–Crippen LogP) is 4.52. The lowest BCUT2D eigenvalue weighted by atomic mass is 9.51. The van der Waals surface area contributed by atoms with Gasteiger partial charge in [0.1, 0.15) is 5.75 Å². The van der Waals surface area contributed by atoms with Gasteiger partial charge in [0, 0.05) is 31.1 Å². The summed E-state index contributed by atoms with van der Waals surface area (Å²) in [5.41, 5.74) is 4.11. The van der Waals surface area contributed by atoms with Gasteiger partial charge >= 0.3 is 6.03 Å². The molecule has 1 aliphatic carbocycles. The third-order valence-electron chi connectivity index (χ3n) is 7.98. The maximum Gasteiger partial charge on any atom is 0.320 e. The number of fused-ring (bicyclic) bond motifs is 4. The van der Waals surface area contributed by atoms with Gasteiger partial charge in [-0.2, -0.15) is 0 Å². The van der Waals surface area contributed by atoms with Crippen LogP contribution in [0, 0.1) is 12.3 Å². The van der Waals surface area contributed by atoms with E-state index in [4.69, 9.17) is 4.74 Å². The minimum Gasteiger partial charge on any atom is -0.496 e. The number of urea groups is 1. The molecule has 2 bridgehead atoms. The quantitative estimate of drug-likeness (QED) is 0.728. The SMILES string of the molecule is COc1cc2c(cc1C)C[C@@H]1N(C(=O)N3CCCCC3)CC[C@@]2(C)C1(C)C. The summed E-state index contributed by atoms with van der Waals surface area (Å²) in [6.07, 6.45) is 5.50. The Morgan fingerprint density at radius 2 is 1.81 bits per heavy atom. The van der Waals surface area contributed by atoms with Crippen molar-refractivity contribution in [3.8, 4) is 5.75 Å². The number of carbonyl (C=O) groups is 1. The second-order valence-electron chi connectivity index (χ2n) is 9.53. The molecule has 2 atom stereocenters. The molecule has 4 heteroatoms. The van der Waals surface area contributed by atoms with Crippen molar-refractivity contribution in [3.05, 3.63) is 28.8 Å². The molecule has 4 rings (SSSR count). The molecule has 2 saturated heterocycles. The first-order valence-electron chi connectivity index (χ1n) is 10.5. The van der Waals surface area contributed by atoms with Crippen LogP contribution in [0.1, 0.15) is 63.1 Å². The van der Waals surface area contributed by atoms with Crippen LogP contribution in [0.15, 0.2) is 12.1 Å². The number of hydrogen-bond acceptors (Lipinski definition) is 2. The van der Waals surface area contributed by atoms with Crippen molar-refractivity contribution in [1.82, 2.24) is 9.80 Å². The number of nitrogens with zero attached hydrogens (tertiary/aromatic N) is 2. The molecule has 0 saturated carbocycles. The van der Waals surface area contributed by atoms with Crippen LogP contribution < -0.4 is 4.74 Å². The minimum atomic E-state index is 0.0317. The Morgan fingerprint density at radius 1 is 1.11 bits per heavy atom. The molecular weight excluding hydrogens is 336 g/mol. The molecule has 0 aromatic heterocycles. The first-order valence-corrected chi connectivity index (χ1v) is 10.5. The highest BCUT2D eigenvalue weighted by molar-refractivity contribution is 5.75. The first-order chi connectivity index (χ1) is 12.8. The zero-order chi connectivity index (χ0) is 19.4. The fourth-order valence-electron chi connectivity index (χ4n) is 5.78. The molecule has 0 spiro atoms. The van der Waals surface area contributed by atoms with Crippen molar-refractivity contribution in [2.45, 2.75) is 71.3 Å². The van der Waals surface area contributed by atoms with Crippen LogP contribution in [0.5, 0.6) is 5.75 Å². The predicted molar refractivity (Wildman–Crippen MR) is 108 cm³/mol. The summed E-state index contributed by atoms with van der Waals surface area (Å²) < 4.78 is 5.63. The Balaban J connectivity index is 1.73. The highest BCUT2D eigenvalue weighted by Crippen LogP contribution is 2.56. The summed E-state index contributed by atoms with van der Waals surface area (Å²) in [6.45, 7) is 11.9. The van der Waals surface area contributed by atoms with Gasteiger partial charge in [-0.3, -0.25) is 0 Å². The van der Waals surface area contributed by atoms with Crippen LogP contribution in [0.3, 0.4) is 0 Å². The molecule has 1 aromatic rings. The Morgan fingerprint density at radius 3 is 2.48 bits per heavy atom. The van der Waals surface area contributed by atoms with Crippen LogP contribution >= 0.6 is 0 Å². The summed E-state index contributed by atoms with van der Waals surface area (Å²) in [4.78, 5) is 17.7. The number of aryl methyl sites for hydroxylation is 1.